The van der Waals surface area contributed by atoms with E-state index in [0.29, 0.717) is 6.04 Å². The molecule has 1 unspecified atom stereocenters. The Bertz CT molecular complexity index is 339. The lowest BCUT2D eigenvalue weighted by molar-refractivity contribution is 0.669. The van der Waals surface area contributed by atoms with E-state index in [1.165, 1.54) is 17.9 Å². The number of thioether (sulfide) groups is 1. The summed E-state index contributed by atoms with van der Waals surface area (Å²) in [7, 11) is 2.15. The van der Waals surface area contributed by atoms with Crippen LogP contribution in [0.15, 0.2) is 18.2 Å². The molecular formula is C13H22N2S. The second-order valence-electron chi connectivity index (χ2n) is 4.28. The molecule has 16 heavy (non-hydrogen) atoms. The van der Waals surface area contributed by atoms with E-state index in [1.807, 2.05) is 17.8 Å². The van der Waals surface area contributed by atoms with E-state index in [-0.39, 0.29) is 0 Å². The zero-order chi connectivity index (χ0) is 12.1. The fourth-order valence-electron chi connectivity index (χ4n) is 1.62. The molecule has 2 N–H and O–H groups in total. The lowest BCUT2D eigenvalue weighted by Crippen LogP contribution is -2.29. The highest BCUT2D eigenvalue weighted by Crippen LogP contribution is 2.22. The number of benzene rings is 1. The first-order valence-electron chi connectivity index (χ1n) is 5.64. The molecule has 1 atom stereocenters. The van der Waals surface area contributed by atoms with Gasteiger partial charge in [-0.15, -0.1) is 0 Å². The SMILES string of the molecule is CSCCC(C)N(C)c1ccc(N)c(C)c1. The molecule has 0 aliphatic carbocycles. The van der Waals surface area contributed by atoms with Crippen molar-refractivity contribution in [3.05, 3.63) is 23.8 Å². The first kappa shape index (κ1) is 13.2. The molecular weight excluding hydrogens is 216 g/mol. The van der Waals surface area contributed by atoms with Crippen LogP contribution in [0.3, 0.4) is 0 Å². The summed E-state index contributed by atoms with van der Waals surface area (Å²) in [5.41, 5.74) is 9.10. The molecule has 0 amide bonds. The number of nitrogens with zero attached hydrogens (tertiary/aromatic N) is 1. The normalized spacial score (nSPS) is 12.5. The zero-order valence-electron chi connectivity index (χ0n) is 10.7. The molecule has 2 nitrogen and oxygen atoms in total. The Morgan fingerprint density at radius 3 is 2.69 bits per heavy atom. The summed E-state index contributed by atoms with van der Waals surface area (Å²) in [5, 5.41) is 0. The van der Waals surface area contributed by atoms with E-state index in [0.717, 1.165) is 11.3 Å². The first-order chi connectivity index (χ1) is 7.56. The topological polar surface area (TPSA) is 29.3 Å². The van der Waals surface area contributed by atoms with Crippen molar-refractivity contribution >= 4 is 23.1 Å². The Morgan fingerprint density at radius 1 is 1.44 bits per heavy atom. The summed E-state index contributed by atoms with van der Waals surface area (Å²) in [6.45, 7) is 4.32. The van der Waals surface area contributed by atoms with Gasteiger partial charge in [0, 0.05) is 24.5 Å². The summed E-state index contributed by atoms with van der Waals surface area (Å²) in [6.07, 6.45) is 3.36. The standard InChI is InChI=1S/C13H22N2S/c1-10-9-12(5-6-13(10)14)15(3)11(2)7-8-16-4/h5-6,9,11H,7-8,14H2,1-4H3. The van der Waals surface area contributed by atoms with Gasteiger partial charge in [0.1, 0.15) is 0 Å². The smallest absolute Gasteiger partial charge is 0.0370 e. The molecule has 0 bridgehead atoms. The first-order valence-corrected chi connectivity index (χ1v) is 7.03. The molecule has 90 valence electrons. The summed E-state index contributed by atoms with van der Waals surface area (Å²) in [6, 6.07) is 6.81. The van der Waals surface area contributed by atoms with Crippen LogP contribution in [-0.2, 0) is 0 Å². The predicted octanol–water partition coefficient (Wildman–Crippen LogP) is 3.16. The Morgan fingerprint density at radius 2 is 2.12 bits per heavy atom. The van der Waals surface area contributed by atoms with E-state index >= 15 is 0 Å². The predicted molar refractivity (Wildman–Crippen MR) is 76.5 cm³/mol. The highest BCUT2D eigenvalue weighted by molar-refractivity contribution is 7.98. The molecule has 1 aromatic carbocycles. The van der Waals surface area contributed by atoms with Crippen LogP contribution in [0.4, 0.5) is 11.4 Å². The van der Waals surface area contributed by atoms with Crippen molar-refractivity contribution < 1.29 is 0 Å². The quantitative estimate of drug-likeness (QED) is 0.799. The van der Waals surface area contributed by atoms with Crippen molar-refractivity contribution in [3.63, 3.8) is 0 Å². The second-order valence-corrected chi connectivity index (χ2v) is 5.27. The second kappa shape index (κ2) is 6.04. The molecule has 0 aliphatic rings. The van der Waals surface area contributed by atoms with E-state index in [9.17, 15) is 0 Å². The van der Waals surface area contributed by atoms with Crippen LogP contribution in [0, 0.1) is 6.92 Å². The summed E-state index contributed by atoms with van der Waals surface area (Å²) in [5.74, 6) is 1.21. The van der Waals surface area contributed by atoms with Crippen molar-refractivity contribution in [2.24, 2.45) is 0 Å². The Hall–Kier alpha value is -0.830. The molecule has 0 heterocycles. The molecule has 0 saturated carbocycles. The maximum absolute atomic E-state index is 5.82. The van der Waals surface area contributed by atoms with Gasteiger partial charge in [-0.05, 0) is 56.0 Å². The third kappa shape index (κ3) is 3.34. The number of anilines is 2. The third-order valence-corrected chi connectivity index (χ3v) is 3.71. The number of rotatable bonds is 5. The molecule has 0 aromatic heterocycles. The number of aryl methyl sites for hydroxylation is 1. The molecule has 0 spiro atoms. The number of nitrogens with two attached hydrogens (primary N) is 1. The van der Waals surface area contributed by atoms with Crippen LogP contribution in [0.2, 0.25) is 0 Å². The maximum Gasteiger partial charge on any atom is 0.0370 e. The third-order valence-electron chi connectivity index (χ3n) is 3.06. The lowest BCUT2D eigenvalue weighted by Gasteiger charge is -2.27. The minimum absolute atomic E-state index is 0.565. The van der Waals surface area contributed by atoms with Gasteiger partial charge >= 0.3 is 0 Å². The minimum atomic E-state index is 0.565. The van der Waals surface area contributed by atoms with Crippen LogP contribution in [0.5, 0.6) is 0 Å². The summed E-state index contributed by atoms with van der Waals surface area (Å²) >= 11 is 1.90. The zero-order valence-corrected chi connectivity index (χ0v) is 11.5. The van der Waals surface area contributed by atoms with Crippen molar-refractivity contribution in [1.29, 1.82) is 0 Å². The van der Waals surface area contributed by atoms with Crippen LogP contribution in [0.25, 0.3) is 0 Å². The van der Waals surface area contributed by atoms with Gasteiger partial charge in [-0.1, -0.05) is 0 Å². The molecule has 0 radical (unpaired) electrons. The van der Waals surface area contributed by atoms with Gasteiger partial charge in [-0.3, -0.25) is 0 Å². The van der Waals surface area contributed by atoms with Crippen LogP contribution < -0.4 is 10.6 Å². The average Bonchev–Trinajstić information content (AvgIpc) is 2.28. The Kier molecular flexibility index (Phi) is 5.00. The molecule has 1 rings (SSSR count). The largest absolute Gasteiger partial charge is 0.399 e. The van der Waals surface area contributed by atoms with Gasteiger partial charge in [0.25, 0.3) is 0 Å². The minimum Gasteiger partial charge on any atom is -0.399 e. The van der Waals surface area contributed by atoms with E-state index in [1.54, 1.807) is 0 Å². The van der Waals surface area contributed by atoms with Crippen molar-refractivity contribution in [3.8, 4) is 0 Å². The van der Waals surface area contributed by atoms with Crippen molar-refractivity contribution in [2.45, 2.75) is 26.3 Å². The fourth-order valence-corrected chi connectivity index (χ4v) is 2.19. The number of hydrogen-bond donors (Lipinski definition) is 1. The van der Waals surface area contributed by atoms with Gasteiger partial charge in [-0.2, -0.15) is 11.8 Å². The average molecular weight is 238 g/mol. The lowest BCUT2D eigenvalue weighted by atomic mass is 10.1. The maximum atomic E-state index is 5.82. The van der Waals surface area contributed by atoms with Gasteiger partial charge in [0.15, 0.2) is 0 Å². The van der Waals surface area contributed by atoms with Gasteiger partial charge in [-0.25, -0.2) is 0 Å². The van der Waals surface area contributed by atoms with Gasteiger partial charge in [0.2, 0.25) is 0 Å². The molecule has 0 fully saturated rings. The highest BCUT2D eigenvalue weighted by Gasteiger charge is 2.10. The fraction of sp³-hybridized carbons (Fsp3) is 0.538. The van der Waals surface area contributed by atoms with Crippen LogP contribution in [-0.4, -0.2) is 25.1 Å². The Balaban J connectivity index is 2.71. The molecule has 1 aromatic rings. The highest BCUT2D eigenvalue weighted by atomic mass is 32.2. The molecule has 0 saturated heterocycles. The van der Waals surface area contributed by atoms with E-state index in [2.05, 4.69) is 44.2 Å². The number of nitrogen functional groups attached to an aromatic ring is 1. The van der Waals surface area contributed by atoms with Crippen LogP contribution >= 0.6 is 11.8 Å². The number of hydrogen-bond acceptors (Lipinski definition) is 3. The monoisotopic (exact) mass is 238 g/mol. The van der Waals surface area contributed by atoms with Crippen LogP contribution in [0.1, 0.15) is 18.9 Å². The molecule has 0 aliphatic heterocycles. The van der Waals surface area contributed by atoms with Gasteiger partial charge in [0.05, 0.1) is 0 Å². The van der Waals surface area contributed by atoms with E-state index < -0.39 is 0 Å². The van der Waals surface area contributed by atoms with Crippen molar-refractivity contribution in [2.75, 3.05) is 29.7 Å². The summed E-state index contributed by atoms with van der Waals surface area (Å²) < 4.78 is 0. The molecule has 3 heteroatoms. The van der Waals surface area contributed by atoms with Crippen molar-refractivity contribution in [1.82, 2.24) is 0 Å². The summed E-state index contributed by atoms with van der Waals surface area (Å²) in [4.78, 5) is 2.32. The Labute approximate surface area is 103 Å². The van der Waals surface area contributed by atoms with E-state index in [4.69, 9.17) is 5.73 Å². The van der Waals surface area contributed by atoms with Gasteiger partial charge < -0.3 is 10.6 Å².